The number of ether oxygens (including phenoxy) is 1. The van der Waals surface area contributed by atoms with Gasteiger partial charge in [-0.3, -0.25) is 9.59 Å². The summed E-state index contributed by atoms with van der Waals surface area (Å²) in [5.74, 6) is -1.05. The second-order valence-corrected chi connectivity index (χ2v) is 7.79. The van der Waals surface area contributed by atoms with Crippen LogP contribution in [0, 0.1) is 0 Å². The van der Waals surface area contributed by atoms with Gasteiger partial charge in [0.05, 0.1) is 29.4 Å². The maximum atomic E-state index is 13.1. The summed E-state index contributed by atoms with van der Waals surface area (Å²) in [7, 11) is 1.25. The largest absolute Gasteiger partial charge is 0.465 e. The molecule has 8 heteroatoms. The average Bonchev–Trinajstić information content (AvgIpc) is 3.29. The van der Waals surface area contributed by atoms with Crippen molar-refractivity contribution in [3.63, 3.8) is 0 Å². The number of pyridine rings is 1. The molecule has 0 saturated carbocycles. The molecule has 2 aromatic carbocycles. The van der Waals surface area contributed by atoms with Crippen molar-refractivity contribution in [2.75, 3.05) is 7.11 Å². The zero-order valence-corrected chi connectivity index (χ0v) is 18.8. The fourth-order valence-corrected chi connectivity index (χ4v) is 3.98. The molecule has 5 aromatic rings. The van der Waals surface area contributed by atoms with Crippen molar-refractivity contribution in [2.24, 2.45) is 0 Å². The molecule has 172 valence electrons. The Hall–Kier alpha value is -4.85. The molecule has 0 radical (unpaired) electrons. The lowest BCUT2D eigenvalue weighted by Gasteiger charge is -2.10. The number of ketones is 1. The van der Waals surface area contributed by atoms with Crippen LogP contribution in [0.15, 0.2) is 95.9 Å². The van der Waals surface area contributed by atoms with E-state index in [4.69, 9.17) is 9.84 Å². The van der Waals surface area contributed by atoms with Crippen molar-refractivity contribution in [1.82, 2.24) is 19.4 Å². The van der Waals surface area contributed by atoms with E-state index >= 15 is 0 Å². The fraction of sp³-hybridized carbons (Fsp3) is 0.0741. The minimum atomic E-state index is -0.623. The number of fused-ring (bicyclic) bond motifs is 1. The van der Waals surface area contributed by atoms with Crippen LogP contribution in [-0.4, -0.2) is 38.3 Å². The molecule has 0 bridgehead atoms. The van der Waals surface area contributed by atoms with E-state index < -0.39 is 17.3 Å². The molecule has 5 rings (SSSR count). The third-order valence-corrected chi connectivity index (χ3v) is 5.64. The van der Waals surface area contributed by atoms with Crippen LogP contribution in [0.2, 0.25) is 0 Å². The number of methoxy groups -OCH3 is 1. The third kappa shape index (κ3) is 4.13. The normalized spacial score (nSPS) is 10.9. The molecule has 0 aliphatic heterocycles. The van der Waals surface area contributed by atoms with Gasteiger partial charge in [-0.1, -0.05) is 54.6 Å². The lowest BCUT2D eigenvalue weighted by atomic mass is 10.0. The first kappa shape index (κ1) is 22.0. The molecule has 0 aliphatic carbocycles. The molecule has 0 saturated heterocycles. The number of nitrogens with zero attached hydrogens (tertiary/aromatic N) is 4. The number of benzene rings is 2. The van der Waals surface area contributed by atoms with Gasteiger partial charge in [0.15, 0.2) is 5.78 Å². The summed E-state index contributed by atoms with van der Waals surface area (Å²) in [4.78, 5) is 37.8. The van der Waals surface area contributed by atoms with Crippen molar-refractivity contribution in [3.05, 3.63) is 113 Å². The maximum absolute atomic E-state index is 13.1. The van der Waals surface area contributed by atoms with Gasteiger partial charge in [-0.2, -0.15) is 10.2 Å². The number of esters is 1. The molecule has 0 amide bonds. The Morgan fingerprint density at radius 2 is 1.54 bits per heavy atom. The van der Waals surface area contributed by atoms with Gasteiger partial charge < -0.3 is 4.74 Å². The van der Waals surface area contributed by atoms with Gasteiger partial charge in [0.25, 0.3) is 5.56 Å². The molecule has 8 nitrogen and oxygen atoms in total. The van der Waals surface area contributed by atoms with Gasteiger partial charge in [-0.05, 0) is 24.3 Å². The zero-order chi connectivity index (χ0) is 24.4. The molecule has 0 spiro atoms. The van der Waals surface area contributed by atoms with Crippen LogP contribution < -0.4 is 5.56 Å². The van der Waals surface area contributed by atoms with E-state index in [-0.39, 0.29) is 17.7 Å². The number of rotatable bonds is 6. The van der Waals surface area contributed by atoms with Gasteiger partial charge >= 0.3 is 5.97 Å². The second-order valence-electron chi connectivity index (χ2n) is 7.79. The lowest BCUT2D eigenvalue weighted by Crippen LogP contribution is -2.27. The van der Waals surface area contributed by atoms with E-state index in [9.17, 15) is 14.4 Å². The molecule has 35 heavy (non-hydrogen) atoms. The van der Waals surface area contributed by atoms with Crippen molar-refractivity contribution in [2.45, 2.75) is 6.54 Å². The number of carbonyl (C=O) groups excluding carboxylic acids is 2. The quantitative estimate of drug-likeness (QED) is 0.279. The molecular weight excluding hydrogens is 444 g/mol. The molecule has 3 heterocycles. The summed E-state index contributed by atoms with van der Waals surface area (Å²) >= 11 is 0. The number of aromatic nitrogens is 4. The molecule has 0 fully saturated rings. The fourth-order valence-electron chi connectivity index (χ4n) is 3.98. The maximum Gasteiger partial charge on any atom is 0.338 e. The Morgan fingerprint density at radius 3 is 2.31 bits per heavy atom. The van der Waals surface area contributed by atoms with Crippen molar-refractivity contribution in [3.8, 4) is 22.5 Å². The van der Waals surface area contributed by atoms with Crippen LogP contribution in [0.3, 0.4) is 0 Å². The van der Waals surface area contributed by atoms with E-state index in [0.29, 0.717) is 11.4 Å². The summed E-state index contributed by atoms with van der Waals surface area (Å²) in [6.07, 6.45) is 1.84. The van der Waals surface area contributed by atoms with E-state index in [0.717, 1.165) is 21.3 Å². The van der Waals surface area contributed by atoms with Crippen LogP contribution in [0.1, 0.15) is 20.7 Å². The Kier molecular flexibility index (Phi) is 5.76. The first-order chi connectivity index (χ1) is 17.1. The van der Waals surface area contributed by atoms with Gasteiger partial charge in [0.1, 0.15) is 12.2 Å². The summed E-state index contributed by atoms with van der Waals surface area (Å²) in [5.41, 5.74) is 3.52. The summed E-state index contributed by atoms with van der Waals surface area (Å²) in [6, 6.07) is 24.7. The highest BCUT2D eigenvalue weighted by Crippen LogP contribution is 2.33. The summed E-state index contributed by atoms with van der Waals surface area (Å²) in [5, 5.41) is 9.26. The van der Waals surface area contributed by atoms with Gasteiger partial charge in [0.2, 0.25) is 0 Å². The van der Waals surface area contributed by atoms with Crippen molar-refractivity contribution < 1.29 is 14.3 Å². The van der Waals surface area contributed by atoms with Crippen LogP contribution in [0.4, 0.5) is 0 Å². The molecule has 0 N–H and O–H groups in total. The van der Waals surface area contributed by atoms with Gasteiger partial charge in [-0.25, -0.2) is 14.0 Å². The number of Topliss-reactive ketones (excluding diaryl/α,β-unsaturated/α-hetero) is 1. The first-order valence-electron chi connectivity index (χ1n) is 10.9. The monoisotopic (exact) mass is 464 g/mol. The zero-order valence-electron chi connectivity index (χ0n) is 18.8. The smallest absolute Gasteiger partial charge is 0.338 e. The van der Waals surface area contributed by atoms with Crippen LogP contribution in [0.25, 0.3) is 28.0 Å². The highest BCUT2D eigenvalue weighted by Gasteiger charge is 2.21. The Bertz CT molecular complexity index is 1620. The van der Waals surface area contributed by atoms with Gasteiger partial charge in [-0.15, -0.1) is 0 Å². The van der Waals surface area contributed by atoms with Crippen molar-refractivity contribution >= 4 is 17.3 Å². The summed E-state index contributed by atoms with van der Waals surface area (Å²) < 4.78 is 7.64. The number of carbonyl (C=O) groups is 2. The van der Waals surface area contributed by atoms with E-state index in [1.807, 2.05) is 54.7 Å². The molecule has 0 atom stereocenters. The van der Waals surface area contributed by atoms with E-state index in [1.54, 1.807) is 22.7 Å². The predicted molar refractivity (Wildman–Crippen MR) is 130 cm³/mol. The Balaban J connectivity index is 1.60. The standard InChI is InChI=1S/C27H20N4O4/c1-35-27(34)20-12-6-5-11-19(20)23(32)17-31-24(33)15-14-21(28-31)25-22-13-7-8-16-30(22)29-26(25)18-9-3-2-4-10-18/h2-16H,17H2,1H3. The topological polar surface area (TPSA) is 95.6 Å². The lowest BCUT2D eigenvalue weighted by molar-refractivity contribution is 0.0596. The molecule has 3 aromatic heterocycles. The van der Waals surface area contributed by atoms with Crippen LogP contribution in [0.5, 0.6) is 0 Å². The minimum absolute atomic E-state index is 0.137. The number of hydrogen-bond acceptors (Lipinski definition) is 6. The van der Waals surface area contributed by atoms with Crippen LogP contribution in [-0.2, 0) is 11.3 Å². The molecule has 0 aliphatic rings. The minimum Gasteiger partial charge on any atom is -0.465 e. The Labute approximate surface area is 200 Å². The highest BCUT2D eigenvalue weighted by atomic mass is 16.5. The average molecular weight is 464 g/mol. The summed E-state index contributed by atoms with van der Waals surface area (Å²) in [6.45, 7) is -0.333. The van der Waals surface area contributed by atoms with E-state index in [2.05, 4.69) is 5.10 Å². The SMILES string of the molecule is COC(=O)c1ccccc1C(=O)Cn1nc(-c2c(-c3ccccc3)nn3ccccc23)ccc1=O. The predicted octanol–water partition coefficient (Wildman–Crippen LogP) is 3.89. The second kappa shape index (κ2) is 9.18. The molecule has 0 unspecified atom stereocenters. The first-order valence-corrected chi connectivity index (χ1v) is 10.9. The third-order valence-electron chi connectivity index (χ3n) is 5.64. The Morgan fingerprint density at radius 1 is 0.829 bits per heavy atom. The van der Waals surface area contributed by atoms with Gasteiger partial charge in [0, 0.05) is 23.4 Å². The molecular formula is C27H20N4O4. The highest BCUT2D eigenvalue weighted by molar-refractivity contribution is 6.06. The van der Waals surface area contributed by atoms with E-state index in [1.165, 1.54) is 25.3 Å². The van der Waals surface area contributed by atoms with Crippen molar-refractivity contribution in [1.29, 1.82) is 0 Å². The number of hydrogen-bond donors (Lipinski definition) is 0. The van der Waals surface area contributed by atoms with Crippen LogP contribution >= 0.6 is 0 Å².